The highest BCUT2D eigenvalue weighted by atomic mass is 79.9. The highest BCUT2D eigenvalue weighted by Crippen LogP contribution is 2.22. The highest BCUT2D eigenvalue weighted by Gasteiger charge is 2.12. The fraction of sp³-hybridized carbons (Fsp3) is 0.133. The summed E-state index contributed by atoms with van der Waals surface area (Å²) in [6.07, 6.45) is 1.39. The Morgan fingerprint density at radius 3 is 2.61 bits per heavy atom. The summed E-state index contributed by atoms with van der Waals surface area (Å²) in [4.78, 5) is 2.24. The van der Waals surface area contributed by atoms with Crippen molar-refractivity contribution in [2.45, 2.75) is 11.8 Å². The second kappa shape index (κ2) is 7.81. The van der Waals surface area contributed by atoms with Gasteiger partial charge in [-0.05, 0) is 49.4 Å². The van der Waals surface area contributed by atoms with Crippen molar-refractivity contribution >= 4 is 43.8 Å². The van der Waals surface area contributed by atoms with E-state index in [4.69, 9.17) is 16.3 Å². The Balaban J connectivity index is 2.18. The number of sulfonamides is 1. The molecule has 0 saturated carbocycles. The van der Waals surface area contributed by atoms with Gasteiger partial charge in [0.2, 0.25) is 0 Å². The van der Waals surface area contributed by atoms with E-state index < -0.39 is 10.0 Å². The van der Waals surface area contributed by atoms with E-state index >= 15 is 0 Å². The molecule has 8 heteroatoms. The lowest BCUT2D eigenvalue weighted by Gasteiger charge is -2.07. The van der Waals surface area contributed by atoms with E-state index in [2.05, 4.69) is 25.9 Å². The first-order chi connectivity index (χ1) is 10.9. The molecule has 0 aliphatic rings. The molecule has 0 amide bonds. The van der Waals surface area contributed by atoms with Crippen LogP contribution in [0.15, 0.2) is 56.9 Å². The monoisotopic (exact) mass is 416 g/mol. The largest absolute Gasteiger partial charge is 0.493 e. The van der Waals surface area contributed by atoms with Crippen LogP contribution >= 0.6 is 27.5 Å². The third-order valence-electron chi connectivity index (χ3n) is 2.77. The first-order valence-electron chi connectivity index (χ1n) is 6.65. The fourth-order valence-corrected chi connectivity index (χ4v) is 3.03. The molecule has 0 fully saturated rings. The van der Waals surface area contributed by atoms with Crippen LogP contribution in [0.25, 0.3) is 0 Å². The number of rotatable bonds is 6. The number of ether oxygens (including phenoxy) is 1. The van der Waals surface area contributed by atoms with E-state index in [0.29, 0.717) is 22.9 Å². The molecule has 2 rings (SSSR count). The van der Waals surface area contributed by atoms with Crippen molar-refractivity contribution in [1.82, 2.24) is 4.83 Å². The van der Waals surface area contributed by atoms with Gasteiger partial charge in [-0.2, -0.15) is 13.5 Å². The van der Waals surface area contributed by atoms with E-state index in [1.807, 2.05) is 13.0 Å². The number of hydrogen-bond acceptors (Lipinski definition) is 4. The number of benzene rings is 2. The van der Waals surface area contributed by atoms with Gasteiger partial charge in [0.05, 0.1) is 17.7 Å². The molecule has 0 unspecified atom stereocenters. The van der Waals surface area contributed by atoms with Crippen molar-refractivity contribution in [3.8, 4) is 5.75 Å². The van der Waals surface area contributed by atoms with E-state index in [-0.39, 0.29) is 4.90 Å². The molecule has 0 heterocycles. The third-order valence-corrected chi connectivity index (χ3v) is 4.76. The number of nitrogens with one attached hydrogen (secondary N) is 1. The van der Waals surface area contributed by atoms with Crippen LogP contribution in [0.4, 0.5) is 0 Å². The zero-order valence-corrected chi connectivity index (χ0v) is 15.3. The lowest BCUT2D eigenvalue weighted by atomic mass is 10.2. The molecule has 0 aliphatic carbocycles. The number of hydrazone groups is 1. The van der Waals surface area contributed by atoms with Gasteiger partial charge >= 0.3 is 0 Å². The van der Waals surface area contributed by atoms with Gasteiger partial charge in [0.15, 0.2) is 0 Å². The van der Waals surface area contributed by atoms with Gasteiger partial charge in [-0.25, -0.2) is 4.83 Å². The van der Waals surface area contributed by atoms with Gasteiger partial charge in [0.1, 0.15) is 5.75 Å². The standard InChI is InChI=1S/C15H14BrClN2O3S/c1-2-22-15-8-3-12(16)9-11(15)10-18-19-23(20,21)14-6-4-13(17)5-7-14/h3-10,19H,2H2,1H3/b18-10+. The minimum atomic E-state index is -3.74. The molecule has 0 aliphatic heterocycles. The van der Waals surface area contributed by atoms with E-state index in [1.165, 1.54) is 30.5 Å². The number of hydrogen-bond donors (Lipinski definition) is 1. The van der Waals surface area contributed by atoms with Crippen LogP contribution < -0.4 is 9.57 Å². The lowest BCUT2D eigenvalue weighted by molar-refractivity contribution is 0.339. The summed E-state index contributed by atoms with van der Waals surface area (Å²) in [5.74, 6) is 0.616. The van der Waals surface area contributed by atoms with Crippen LogP contribution in [0, 0.1) is 0 Å². The SMILES string of the molecule is CCOc1ccc(Br)cc1/C=N/NS(=O)(=O)c1ccc(Cl)cc1. The molecule has 2 aromatic carbocycles. The maximum Gasteiger partial charge on any atom is 0.276 e. The maximum atomic E-state index is 12.1. The molecule has 2 aromatic rings. The molecule has 0 spiro atoms. The molecule has 0 atom stereocenters. The Hall–Kier alpha value is -1.57. The van der Waals surface area contributed by atoms with Crippen LogP contribution in [-0.4, -0.2) is 21.2 Å². The second-order valence-corrected chi connectivity index (χ2v) is 7.43. The van der Waals surface area contributed by atoms with E-state index in [1.54, 1.807) is 12.1 Å². The lowest BCUT2D eigenvalue weighted by Crippen LogP contribution is -2.18. The summed E-state index contributed by atoms with van der Waals surface area (Å²) >= 11 is 9.10. The van der Waals surface area contributed by atoms with Crippen molar-refractivity contribution in [3.05, 3.63) is 57.5 Å². The Morgan fingerprint density at radius 2 is 1.96 bits per heavy atom. The third kappa shape index (κ3) is 4.95. The van der Waals surface area contributed by atoms with Crippen molar-refractivity contribution in [2.75, 3.05) is 6.61 Å². The van der Waals surface area contributed by atoms with E-state index in [9.17, 15) is 8.42 Å². The van der Waals surface area contributed by atoms with Crippen LogP contribution in [-0.2, 0) is 10.0 Å². The quantitative estimate of drug-likeness (QED) is 0.574. The maximum absolute atomic E-state index is 12.1. The molecule has 23 heavy (non-hydrogen) atoms. The predicted molar refractivity (Wildman–Crippen MR) is 94.7 cm³/mol. The summed E-state index contributed by atoms with van der Waals surface area (Å²) in [6.45, 7) is 2.37. The smallest absolute Gasteiger partial charge is 0.276 e. The second-order valence-electron chi connectivity index (χ2n) is 4.42. The molecule has 0 radical (unpaired) electrons. The van der Waals surface area contributed by atoms with Crippen LogP contribution in [0.5, 0.6) is 5.75 Å². The predicted octanol–water partition coefficient (Wildman–Crippen LogP) is 3.81. The van der Waals surface area contributed by atoms with Crippen molar-refractivity contribution < 1.29 is 13.2 Å². The Labute approximate surface area is 148 Å². The van der Waals surface area contributed by atoms with Crippen LogP contribution in [0.1, 0.15) is 12.5 Å². The number of halogens is 2. The number of nitrogens with zero attached hydrogens (tertiary/aromatic N) is 1. The molecule has 0 saturated heterocycles. The molecular formula is C15H14BrClN2O3S. The average molecular weight is 418 g/mol. The normalized spacial score (nSPS) is 11.6. The summed E-state index contributed by atoms with van der Waals surface area (Å²) in [5.41, 5.74) is 0.653. The Kier molecular flexibility index (Phi) is 6.04. The van der Waals surface area contributed by atoms with E-state index in [0.717, 1.165) is 4.47 Å². The fourth-order valence-electron chi connectivity index (χ4n) is 1.74. The summed E-state index contributed by atoms with van der Waals surface area (Å²) in [7, 11) is -3.74. The van der Waals surface area contributed by atoms with Gasteiger partial charge in [0.25, 0.3) is 10.0 Å². The zero-order chi connectivity index (χ0) is 16.9. The first kappa shape index (κ1) is 17.8. The average Bonchev–Trinajstić information content (AvgIpc) is 2.50. The molecule has 0 aromatic heterocycles. The van der Waals surface area contributed by atoms with Gasteiger partial charge in [-0.15, -0.1) is 0 Å². The minimum Gasteiger partial charge on any atom is -0.493 e. The topological polar surface area (TPSA) is 67.8 Å². The molecule has 1 N–H and O–H groups in total. The molecular weight excluding hydrogens is 404 g/mol. The Morgan fingerprint density at radius 1 is 1.26 bits per heavy atom. The first-order valence-corrected chi connectivity index (χ1v) is 9.30. The summed E-state index contributed by atoms with van der Waals surface area (Å²) in [6, 6.07) is 11.2. The van der Waals surface area contributed by atoms with Gasteiger partial charge in [-0.3, -0.25) is 0 Å². The molecule has 122 valence electrons. The van der Waals surface area contributed by atoms with Crippen molar-refractivity contribution in [2.24, 2.45) is 5.10 Å². The van der Waals surface area contributed by atoms with Crippen LogP contribution in [0.3, 0.4) is 0 Å². The van der Waals surface area contributed by atoms with Crippen LogP contribution in [0.2, 0.25) is 5.02 Å². The zero-order valence-electron chi connectivity index (χ0n) is 12.2. The van der Waals surface area contributed by atoms with Gasteiger partial charge < -0.3 is 4.74 Å². The summed E-state index contributed by atoms with van der Waals surface area (Å²) < 4.78 is 30.5. The minimum absolute atomic E-state index is 0.0818. The van der Waals surface area contributed by atoms with Gasteiger partial charge in [-0.1, -0.05) is 27.5 Å². The molecule has 5 nitrogen and oxygen atoms in total. The Bertz CT molecular complexity index is 808. The van der Waals surface area contributed by atoms with Crippen molar-refractivity contribution in [1.29, 1.82) is 0 Å². The summed E-state index contributed by atoms with van der Waals surface area (Å²) in [5, 5.41) is 4.26. The highest BCUT2D eigenvalue weighted by molar-refractivity contribution is 9.10. The van der Waals surface area contributed by atoms with Gasteiger partial charge in [0, 0.05) is 15.1 Å². The molecule has 0 bridgehead atoms. The van der Waals surface area contributed by atoms with Crippen molar-refractivity contribution in [3.63, 3.8) is 0 Å².